The molecule has 2 saturated heterocycles. The molecule has 27 heavy (non-hydrogen) atoms. The third kappa shape index (κ3) is 3.12. The summed E-state index contributed by atoms with van der Waals surface area (Å²) in [7, 11) is -1.94. The Labute approximate surface area is 160 Å². The van der Waals surface area contributed by atoms with Crippen molar-refractivity contribution in [2.45, 2.75) is 29.8 Å². The number of likely N-dealkylation sites (tertiary alicyclic amines) is 1. The lowest BCUT2D eigenvalue weighted by Gasteiger charge is -2.27. The second-order valence-electron chi connectivity index (χ2n) is 7.57. The molecule has 7 heteroatoms. The van der Waals surface area contributed by atoms with E-state index in [1.165, 1.54) is 4.31 Å². The van der Waals surface area contributed by atoms with Crippen LogP contribution in [-0.4, -0.2) is 68.7 Å². The maximum atomic E-state index is 13.4. The van der Waals surface area contributed by atoms with Crippen LogP contribution in [-0.2, 0) is 14.8 Å². The van der Waals surface area contributed by atoms with E-state index in [9.17, 15) is 13.5 Å². The van der Waals surface area contributed by atoms with Gasteiger partial charge in [-0.2, -0.15) is 0 Å². The average Bonchev–Trinajstić information content (AvgIpc) is 3.19. The second-order valence-corrected chi connectivity index (χ2v) is 9.77. The second kappa shape index (κ2) is 7.05. The van der Waals surface area contributed by atoms with Gasteiger partial charge in [0.2, 0.25) is 10.0 Å². The Kier molecular flexibility index (Phi) is 4.88. The highest BCUT2D eigenvalue weighted by atomic mass is 32.2. The molecule has 1 spiro atoms. The third-order valence-electron chi connectivity index (χ3n) is 5.95. The summed E-state index contributed by atoms with van der Waals surface area (Å²) < 4.78 is 32.4. The standard InChI is InChI=1S/C20H26N2O4S/c1-26-18-9-5-6-16(12-18)13-21-11-10-20(15-21)19(23)14-22(27(20,24)25)17-7-3-2-4-8-17/h2-8,12,18-19,23H,9-11,13-15H2,1H3/t18?,19-,20+/m0/s1. The number of sulfonamides is 1. The van der Waals surface area contributed by atoms with E-state index in [-0.39, 0.29) is 12.6 Å². The molecule has 146 valence electrons. The Morgan fingerprint density at radius 3 is 2.81 bits per heavy atom. The van der Waals surface area contributed by atoms with E-state index in [1.54, 1.807) is 19.2 Å². The Hall–Kier alpha value is -1.67. The number of para-hydroxylation sites is 1. The van der Waals surface area contributed by atoms with Crippen molar-refractivity contribution in [1.29, 1.82) is 0 Å². The summed E-state index contributed by atoms with van der Waals surface area (Å²) in [6.07, 6.45) is 6.77. The predicted molar refractivity (Wildman–Crippen MR) is 105 cm³/mol. The first-order valence-electron chi connectivity index (χ1n) is 9.34. The van der Waals surface area contributed by atoms with E-state index < -0.39 is 20.9 Å². The zero-order valence-corrected chi connectivity index (χ0v) is 16.3. The summed E-state index contributed by atoms with van der Waals surface area (Å²) >= 11 is 0. The van der Waals surface area contributed by atoms with Gasteiger partial charge in [-0.05, 0) is 30.5 Å². The first-order chi connectivity index (χ1) is 13.0. The van der Waals surface area contributed by atoms with Crippen LogP contribution in [0.3, 0.4) is 0 Å². The fourth-order valence-electron chi connectivity index (χ4n) is 4.40. The SMILES string of the molecule is COC1C=C(CN2CC[C@@]3(C2)[C@@H](O)CN(c2ccccc2)S3(=O)=O)C=CC1. The molecule has 2 heterocycles. The molecule has 1 aromatic carbocycles. The summed E-state index contributed by atoms with van der Waals surface area (Å²) in [6, 6.07) is 9.04. The maximum absolute atomic E-state index is 13.4. The third-order valence-corrected chi connectivity index (χ3v) is 8.52. The normalized spacial score (nSPS) is 33.0. The number of hydrogen-bond donors (Lipinski definition) is 1. The zero-order valence-electron chi connectivity index (χ0n) is 15.5. The Morgan fingerprint density at radius 2 is 2.07 bits per heavy atom. The lowest BCUT2D eigenvalue weighted by molar-refractivity contribution is 0.140. The van der Waals surface area contributed by atoms with Crippen LogP contribution in [0.5, 0.6) is 0 Å². The zero-order chi connectivity index (χ0) is 19.1. The van der Waals surface area contributed by atoms with Crippen molar-refractivity contribution in [3.05, 3.63) is 54.1 Å². The van der Waals surface area contributed by atoms with Crippen LogP contribution in [0.4, 0.5) is 5.69 Å². The van der Waals surface area contributed by atoms with E-state index in [1.807, 2.05) is 18.2 Å². The summed E-state index contributed by atoms with van der Waals surface area (Å²) in [5, 5.41) is 10.8. The van der Waals surface area contributed by atoms with Gasteiger partial charge in [-0.25, -0.2) is 8.42 Å². The predicted octanol–water partition coefficient (Wildman–Crippen LogP) is 1.54. The number of rotatable bonds is 4. The van der Waals surface area contributed by atoms with Crippen molar-refractivity contribution in [1.82, 2.24) is 4.90 Å². The van der Waals surface area contributed by atoms with Gasteiger partial charge in [0, 0.05) is 26.7 Å². The average molecular weight is 391 g/mol. The lowest BCUT2D eigenvalue weighted by atomic mass is 10.0. The van der Waals surface area contributed by atoms with E-state index in [2.05, 4.69) is 23.1 Å². The highest BCUT2D eigenvalue weighted by Crippen LogP contribution is 2.43. The van der Waals surface area contributed by atoms with Gasteiger partial charge in [0.1, 0.15) is 4.75 Å². The smallest absolute Gasteiger partial charge is 0.244 e. The molecule has 3 atom stereocenters. The molecule has 0 aromatic heterocycles. The number of ether oxygens (including phenoxy) is 1. The Morgan fingerprint density at radius 1 is 1.30 bits per heavy atom. The molecule has 0 radical (unpaired) electrons. The topological polar surface area (TPSA) is 70.1 Å². The number of nitrogens with zero attached hydrogens (tertiary/aromatic N) is 2. The van der Waals surface area contributed by atoms with Gasteiger partial charge in [0.15, 0.2) is 0 Å². The van der Waals surface area contributed by atoms with Gasteiger partial charge >= 0.3 is 0 Å². The van der Waals surface area contributed by atoms with Crippen molar-refractivity contribution in [2.75, 3.05) is 37.6 Å². The minimum Gasteiger partial charge on any atom is -0.389 e. The van der Waals surface area contributed by atoms with Crippen LogP contribution in [0.15, 0.2) is 54.1 Å². The first-order valence-corrected chi connectivity index (χ1v) is 10.8. The lowest BCUT2D eigenvalue weighted by Crippen LogP contribution is -2.48. The minimum atomic E-state index is -3.64. The van der Waals surface area contributed by atoms with Crippen LogP contribution >= 0.6 is 0 Å². The molecule has 2 aliphatic heterocycles. The number of aliphatic hydroxyl groups excluding tert-OH is 1. The van der Waals surface area contributed by atoms with Crippen LogP contribution in [0.2, 0.25) is 0 Å². The quantitative estimate of drug-likeness (QED) is 0.845. The fourth-order valence-corrected chi connectivity index (χ4v) is 6.69. The van der Waals surface area contributed by atoms with E-state index in [4.69, 9.17) is 4.74 Å². The highest BCUT2D eigenvalue weighted by Gasteiger charge is 2.61. The number of aliphatic hydroxyl groups is 1. The van der Waals surface area contributed by atoms with Crippen molar-refractivity contribution < 1.29 is 18.3 Å². The molecular weight excluding hydrogens is 364 g/mol. The van der Waals surface area contributed by atoms with Crippen LogP contribution in [0, 0.1) is 0 Å². The molecule has 0 saturated carbocycles. The fraction of sp³-hybridized carbons (Fsp3) is 0.500. The van der Waals surface area contributed by atoms with Gasteiger partial charge in [0.05, 0.1) is 24.4 Å². The number of anilines is 1. The number of hydrogen-bond acceptors (Lipinski definition) is 5. The molecule has 3 aliphatic rings. The molecule has 1 N–H and O–H groups in total. The van der Waals surface area contributed by atoms with Crippen molar-refractivity contribution in [2.24, 2.45) is 0 Å². The molecule has 1 unspecified atom stereocenters. The number of methoxy groups -OCH3 is 1. The molecule has 1 aliphatic carbocycles. The number of benzene rings is 1. The van der Waals surface area contributed by atoms with Crippen molar-refractivity contribution in [3.63, 3.8) is 0 Å². The molecule has 1 aromatic rings. The van der Waals surface area contributed by atoms with E-state index in [0.29, 0.717) is 31.7 Å². The molecule has 6 nitrogen and oxygen atoms in total. The van der Waals surface area contributed by atoms with Crippen LogP contribution in [0.1, 0.15) is 12.8 Å². The maximum Gasteiger partial charge on any atom is 0.244 e. The summed E-state index contributed by atoms with van der Waals surface area (Å²) in [4.78, 5) is 2.13. The van der Waals surface area contributed by atoms with Crippen LogP contribution in [0.25, 0.3) is 0 Å². The first kappa shape index (κ1) is 18.7. The van der Waals surface area contributed by atoms with Gasteiger partial charge in [-0.15, -0.1) is 0 Å². The van der Waals surface area contributed by atoms with Crippen molar-refractivity contribution >= 4 is 15.7 Å². The summed E-state index contributed by atoms with van der Waals surface area (Å²) in [5.74, 6) is 0. The monoisotopic (exact) mass is 390 g/mol. The summed E-state index contributed by atoms with van der Waals surface area (Å²) in [6.45, 7) is 1.80. The van der Waals surface area contributed by atoms with Crippen LogP contribution < -0.4 is 4.31 Å². The van der Waals surface area contributed by atoms with E-state index in [0.717, 1.165) is 12.0 Å². The Balaban J connectivity index is 1.54. The van der Waals surface area contributed by atoms with E-state index >= 15 is 0 Å². The molecule has 2 fully saturated rings. The van der Waals surface area contributed by atoms with Gasteiger partial charge < -0.3 is 9.84 Å². The van der Waals surface area contributed by atoms with Gasteiger partial charge in [-0.3, -0.25) is 9.21 Å². The summed E-state index contributed by atoms with van der Waals surface area (Å²) in [5.41, 5.74) is 1.75. The Bertz CT molecular complexity index is 852. The minimum absolute atomic E-state index is 0.0796. The van der Waals surface area contributed by atoms with Crippen molar-refractivity contribution in [3.8, 4) is 0 Å². The molecular formula is C20H26N2O4S. The van der Waals surface area contributed by atoms with Gasteiger partial charge in [-0.1, -0.05) is 36.4 Å². The molecule has 0 amide bonds. The largest absolute Gasteiger partial charge is 0.389 e. The van der Waals surface area contributed by atoms with Gasteiger partial charge in [0.25, 0.3) is 0 Å². The highest BCUT2D eigenvalue weighted by molar-refractivity contribution is 7.94. The molecule has 4 rings (SSSR count). The number of β-amino-alcohol motifs (C(OH)–C–C–N with tert-alkyl or cyclic N) is 1. The molecule has 0 bridgehead atoms.